The lowest BCUT2D eigenvalue weighted by molar-refractivity contribution is -0.122. The Balaban J connectivity index is 2.09. The van der Waals surface area contributed by atoms with Gasteiger partial charge in [0.1, 0.15) is 0 Å². The van der Waals surface area contributed by atoms with Gasteiger partial charge in [0, 0.05) is 24.6 Å². The molecule has 0 bridgehead atoms. The normalized spacial score (nSPS) is 12.4. The lowest BCUT2D eigenvalue weighted by Gasteiger charge is -2.17. The average Bonchev–Trinajstić information content (AvgIpc) is 2.87. The number of carbonyl (C=O) groups is 1. The number of hydrogen-bond acceptors (Lipinski definition) is 3. The Morgan fingerprint density at radius 2 is 1.96 bits per heavy atom. The molecule has 0 aliphatic heterocycles. The summed E-state index contributed by atoms with van der Waals surface area (Å²) in [6.07, 6.45) is 0.379. The van der Waals surface area contributed by atoms with Crippen LogP contribution in [0.15, 0.2) is 24.3 Å². The van der Waals surface area contributed by atoms with Crippen LogP contribution in [0, 0.1) is 17.6 Å². The summed E-state index contributed by atoms with van der Waals surface area (Å²) in [5.74, 6) is 1.21. The summed E-state index contributed by atoms with van der Waals surface area (Å²) in [4.78, 5) is 12.1. The summed E-state index contributed by atoms with van der Waals surface area (Å²) >= 11 is 5.29. The Morgan fingerprint density at radius 3 is 2.57 bits per heavy atom. The van der Waals surface area contributed by atoms with E-state index in [1.54, 1.807) is 0 Å². The molecule has 1 heterocycles. The maximum atomic E-state index is 12.1. The van der Waals surface area contributed by atoms with Crippen molar-refractivity contribution in [3.63, 3.8) is 0 Å². The van der Waals surface area contributed by atoms with Crippen LogP contribution >= 0.6 is 12.2 Å². The summed E-state index contributed by atoms with van der Waals surface area (Å²) < 4.78 is 2.41. The van der Waals surface area contributed by atoms with E-state index in [1.807, 2.05) is 42.7 Å². The zero-order valence-corrected chi connectivity index (χ0v) is 14.9. The van der Waals surface area contributed by atoms with Crippen LogP contribution in [0.25, 0.3) is 11.4 Å². The fourth-order valence-corrected chi connectivity index (χ4v) is 2.38. The highest BCUT2D eigenvalue weighted by Gasteiger charge is 2.13. The van der Waals surface area contributed by atoms with Crippen molar-refractivity contribution >= 4 is 18.1 Å². The van der Waals surface area contributed by atoms with Crippen LogP contribution in [0.4, 0.5) is 0 Å². The zero-order valence-electron chi connectivity index (χ0n) is 14.1. The van der Waals surface area contributed by atoms with Crippen LogP contribution in [0.1, 0.15) is 32.8 Å². The molecular formula is C17H24N4OS. The lowest BCUT2D eigenvalue weighted by Crippen LogP contribution is -2.36. The summed E-state index contributed by atoms with van der Waals surface area (Å²) in [5, 5.41) is 10.1. The molecule has 0 radical (unpaired) electrons. The van der Waals surface area contributed by atoms with Gasteiger partial charge < -0.3 is 5.32 Å². The second-order valence-electron chi connectivity index (χ2n) is 6.22. The lowest BCUT2D eigenvalue weighted by atomic mass is 10.1. The van der Waals surface area contributed by atoms with Gasteiger partial charge in [0.05, 0.1) is 0 Å². The summed E-state index contributed by atoms with van der Waals surface area (Å²) in [5.41, 5.74) is 2.18. The average molecular weight is 332 g/mol. The smallest absolute Gasteiger partial charge is 0.222 e. The van der Waals surface area contributed by atoms with E-state index in [4.69, 9.17) is 12.2 Å². The van der Waals surface area contributed by atoms with Crippen molar-refractivity contribution in [2.24, 2.45) is 5.92 Å². The predicted molar refractivity (Wildman–Crippen MR) is 94.6 cm³/mol. The van der Waals surface area contributed by atoms with Crippen molar-refractivity contribution < 1.29 is 4.79 Å². The molecule has 2 rings (SSSR count). The molecule has 1 atom stereocenters. The van der Waals surface area contributed by atoms with Crippen LogP contribution in [0.3, 0.4) is 0 Å². The minimum Gasteiger partial charge on any atom is -0.353 e. The molecule has 1 unspecified atom stereocenters. The standard InChI is InChI=1S/C17H24N4OS/c1-11(2)13(4)18-15(22)9-10-21-16(19-20-17(21)23)14-7-5-12(3)6-8-14/h5-8,11,13H,9-10H2,1-4H3,(H,18,22)(H,20,23). The molecule has 0 saturated carbocycles. The van der Waals surface area contributed by atoms with E-state index in [9.17, 15) is 4.79 Å². The minimum absolute atomic E-state index is 0.0316. The van der Waals surface area contributed by atoms with Gasteiger partial charge in [0.2, 0.25) is 5.91 Å². The molecule has 0 fully saturated rings. The van der Waals surface area contributed by atoms with Gasteiger partial charge in [-0.15, -0.1) is 0 Å². The topological polar surface area (TPSA) is 62.7 Å². The van der Waals surface area contributed by atoms with Crippen LogP contribution in [-0.2, 0) is 11.3 Å². The SMILES string of the molecule is Cc1ccc(-c2n[nH]c(=S)n2CCC(=O)NC(C)C(C)C)cc1. The molecule has 6 heteroatoms. The molecule has 1 aromatic heterocycles. The van der Waals surface area contributed by atoms with Crippen LogP contribution in [-0.4, -0.2) is 26.7 Å². The molecular weight excluding hydrogens is 308 g/mol. The van der Waals surface area contributed by atoms with Crippen molar-refractivity contribution in [1.29, 1.82) is 0 Å². The van der Waals surface area contributed by atoms with Crippen molar-refractivity contribution in [3.8, 4) is 11.4 Å². The van der Waals surface area contributed by atoms with Crippen molar-refractivity contribution in [1.82, 2.24) is 20.1 Å². The van der Waals surface area contributed by atoms with Crippen molar-refractivity contribution in [2.75, 3.05) is 0 Å². The number of hydrogen-bond donors (Lipinski definition) is 2. The highest BCUT2D eigenvalue weighted by atomic mass is 32.1. The Labute approximate surface area is 142 Å². The summed E-state index contributed by atoms with van der Waals surface area (Å²) in [6, 6.07) is 8.26. The van der Waals surface area contributed by atoms with E-state index >= 15 is 0 Å². The first kappa shape index (κ1) is 17.4. The maximum Gasteiger partial charge on any atom is 0.222 e. The molecule has 0 saturated heterocycles. The molecule has 0 aliphatic carbocycles. The number of aromatic amines is 1. The Morgan fingerprint density at radius 1 is 1.30 bits per heavy atom. The first-order valence-corrected chi connectivity index (χ1v) is 8.31. The molecule has 0 spiro atoms. The third-order valence-electron chi connectivity index (χ3n) is 4.02. The fourth-order valence-electron chi connectivity index (χ4n) is 2.15. The third-order valence-corrected chi connectivity index (χ3v) is 4.33. The van der Waals surface area contributed by atoms with Crippen LogP contribution in [0.2, 0.25) is 0 Å². The monoisotopic (exact) mass is 332 g/mol. The highest BCUT2D eigenvalue weighted by Crippen LogP contribution is 2.18. The number of nitrogens with one attached hydrogen (secondary N) is 2. The van der Waals surface area contributed by atoms with Crippen molar-refractivity contribution in [3.05, 3.63) is 34.6 Å². The summed E-state index contributed by atoms with van der Waals surface area (Å²) in [7, 11) is 0. The van der Waals surface area contributed by atoms with Gasteiger partial charge >= 0.3 is 0 Å². The number of carbonyl (C=O) groups excluding carboxylic acids is 1. The van der Waals surface area contributed by atoms with E-state index in [-0.39, 0.29) is 11.9 Å². The van der Waals surface area contributed by atoms with Crippen LogP contribution < -0.4 is 5.32 Å². The Kier molecular flexibility index (Phi) is 5.71. The molecule has 23 heavy (non-hydrogen) atoms. The number of amides is 1. The Bertz CT molecular complexity index is 715. The number of benzene rings is 1. The fraction of sp³-hybridized carbons (Fsp3) is 0.471. The van der Waals surface area contributed by atoms with E-state index in [2.05, 4.69) is 29.4 Å². The molecule has 0 aliphatic rings. The first-order chi connectivity index (χ1) is 10.9. The van der Waals surface area contributed by atoms with Crippen LogP contribution in [0.5, 0.6) is 0 Å². The molecule has 1 amide bonds. The predicted octanol–water partition coefficient (Wildman–Crippen LogP) is 3.47. The second kappa shape index (κ2) is 7.55. The van der Waals surface area contributed by atoms with Crippen molar-refractivity contribution in [2.45, 2.75) is 46.7 Å². The van der Waals surface area contributed by atoms with Gasteiger partial charge in [-0.2, -0.15) is 5.10 Å². The van der Waals surface area contributed by atoms with Gasteiger partial charge in [-0.3, -0.25) is 14.5 Å². The van der Waals surface area contributed by atoms with Gasteiger partial charge in [-0.25, -0.2) is 0 Å². The number of H-pyrrole nitrogens is 1. The number of aryl methyl sites for hydroxylation is 1. The Hall–Kier alpha value is -1.95. The van der Waals surface area contributed by atoms with E-state index in [0.717, 1.165) is 11.4 Å². The minimum atomic E-state index is 0.0316. The molecule has 2 aromatic rings. The van der Waals surface area contributed by atoms with Gasteiger partial charge in [-0.1, -0.05) is 43.7 Å². The van der Waals surface area contributed by atoms with E-state index in [1.165, 1.54) is 5.56 Å². The highest BCUT2D eigenvalue weighted by molar-refractivity contribution is 7.71. The molecule has 2 N–H and O–H groups in total. The first-order valence-electron chi connectivity index (χ1n) is 7.90. The molecule has 124 valence electrons. The molecule has 1 aromatic carbocycles. The number of rotatable bonds is 6. The third kappa shape index (κ3) is 4.51. The summed E-state index contributed by atoms with van der Waals surface area (Å²) in [6.45, 7) is 8.75. The quantitative estimate of drug-likeness (QED) is 0.796. The van der Waals surface area contributed by atoms with E-state index in [0.29, 0.717) is 23.7 Å². The number of aromatic nitrogens is 3. The van der Waals surface area contributed by atoms with Gasteiger partial charge in [0.25, 0.3) is 0 Å². The zero-order chi connectivity index (χ0) is 17.0. The largest absolute Gasteiger partial charge is 0.353 e. The molecule has 5 nitrogen and oxygen atoms in total. The second-order valence-corrected chi connectivity index (χ2v) is 6.61. The van der Waals surface area contributed by atoms with Gasteiger partial charge in [0.15, 0.2) is 10.6 Å². The van der Waals surface area contributed by atoms with E-state index < -0.39 is 0 Å². The van der Waals surface area contributed by atoms with Gasteiger partial charge in [-0.05, 0) is 32.0 Å². The maximum absolute atomic E-state index is 12.1. The number of nitrogens with zero attached hydrogens (tertiary/aromatic N) is 2.